The second-order valence-electron chi connectivity index (χ2n) is 10.9. The molecule has 2 unspecified atom stereocenters. The van der Waals surface area contributed by atoms with E-state index in [1.807, 2.05) is 38.1 Å². The van der Waals surface area contributed by atoms with Gasteiger partial charge in [0.1, 0.15) is 12.4 Å². The molecule has 2 atom stereocenters. The SMILES string of the molecule is CCCc1ccc2c(c1)CCc1cc(CC)ccc1C2N(C)CCOc1ccc(CC(OCC)C(=O)OCC)cc1. The van der Waals surface area contributed by atoms with Crippen molar-refractivity contribution >= 4 is 5.97 Å². The maximum atomic E-state index is 12.2. The fourth-order valence-electron chi connectivity index (χ4n) is 5.88. The predicted molar refractivity (Wildman–Crippen MR) is 166 cm³/mol. The molecule has 3 aromatic rings. The normalized spacial score (nSPS) is 15.1. The van der Waals surface area contributed by atoms with Crippen LogP contribution in [0.3, 0.4) is 0 Å². The zero-order chi connectivity index (χ0) is 29.2. The maximum absolute atomic E-state index is 12.2. The number of carbonyl (C=O) groups is 1. The van der Waals surface area contributed by atoms with Crippen LogP contribution in [0, 0.1) is 0 Å². The zero-order valence-corrected chi connectivity index (χ0v) is 25.6. The van der Waals surface area contributed by atoms with Crippen molar-refractivity contribution in [2.45, 2.75) is 78.4 Å². The smallest absolute Gasteiger partial charge is 0.335 e. The molecular formula is C36H47NO4. The van der Waals surface area contributed by atoms with Crippen LogP contribution in [-0.4, -0.2) is 50.4 Å². The summed E-state index contributed by atoms with van der Waals surface area (Å²) in [6.45, 7) is 10.4. The molecule has 0 spiro atoms. The van der Waals surface area contributed by atoms with Crippen molar-refractivity contribution < 1.29 is 19.0 Å². The van der Waals surface area contributed by atoms with Crippen molar-refractivity contribution in [3.63, 3.8) is 0 Å². The standard InChI is InChI=1S/C36H47NO4/c1-6-10-27-14-20-33-30(24-27)16-15-29-23-26(7-2)13-19-32(29)35(33)37(5)21-22-41-31-17-11-28(12-18-31)25-34(39-8-3)36(38)40-9-4/h11-14,17-20,23-24,34-35H,6-10,15-16,21-22,25H2,1-5H3. The molecule has 0 heterocycles. The molecule has 0 N–H and O–H groups in total. The number of ether oxygens (including phenoxy) is 3. The summed E-state index contributed by atoms with van der Waals surface area (Å²) in [4.78, 5) is 14.7. The second kappa shape index (κ2) is 15.2. The van der Waals surface area contributed by atoms with Crippen LogP contribution in [-0.2, 0) is 46.4 Å². The molecule has 5 nitrogen and oxygen atoms in total. The number of hydrogen-bond acceptors (Lipinski definition) is 5. The van der Waals surface area contributed by atoms with E-state index in [0.29, 0.717) is 26.2 Å². The molecule has 220 valence electrons. The van der Waals surface area contributed by atoms with E-state index < -0.39 is 6.10 Å². The van der Waals surface area contributed by atoms with Gasteiger partial charge in [0.05, 0.1) is 12.6 Å². The van der Waals surface area contributed by atoms with Crippen molar-refractivity contribution in [2.75, 3.05) is 33.4 Å². The van der Waals surface area contributed by atoms with Crippen molar-refractivity contribution in [3.05, 3.63) is 99.6 Å². The second-order valence-corrected chi connectivity index (χ2v) is 10.9. The minimum Gasteiger partial charge on any atom is -0.492 e. The van der Waals surface area contributed by atoms with Gasteiger partial charge in [0.2, 0.25) is 0 Å². The number of esters is 1. The molecule has 3 aromatic carbocycles. The minimum absolute atomic E-state index is 0.202. The van der Waals surface area contributed by atoms with E-state index >= 15 is 0 Å². The van der Waals surface area contributed by atoms with Gasteiger partial charge in [-0.25, -0.2) is 4.79 Å². The third-order valence-electron chi connectivity index (χ3n) is 8.03. The monoisotopic (exact) mass is 557 g/mol. The van der Waals surface area contributed by atoms with E-state index in [2.05, 4.69) is 62.2 Å². The topological polar surface area (TPSA) is 48.0 Å². The third-order valence-corrected chi connectivity index (χ3v) is 8.03. The molecular weight excluding hydrogens is 510 g/mol. The van der Waals surface area contributed by atoms with Crippen molar-refractivity contribution in [3.8, 4) is 5.75 Å². The Morgan fingerprint density at radius 3 is 2.10 bits per heavy atom. The van der Waals surface area contributed by atoms with Crippen molar-refractivity contribution in [1.82, 2.24) is 4.90 Å². The van der Waals surface area contributed by atoms with Gasteiger partial charge in [0.15, 0.2) is 6.10 Å². The Morgan fingerprint density at radius 2 is 1.49 bits per heavy atom. The first kappa shape index (κ1) is 30.8. The van der Waals surface area contributed by atoms with Gasteiger partial charge in [-0.05, 0) is 97.7 Å². The van der Waals surface area contributed by atoms with Crippen LogP contribution >= 0.6 is 0 Å². The van der Waals surface area contributed by atoms with E-state index in [9.17, 15) is 4.79 Å². The maximum Gasteiger partial charge on any atom is 0.335 e. The number of hydrogen-bond donors (Lipinski definition) is 0. The largest absolute Gasteiger partial charge is 0.492 e. The number of aryl methyl sites for hydroxylation is 4. The van der Waals surface area contributed by atoms with E-state index in [-0.39, 0.29) is 12.0 Å². The summed E-state index contributed by atoms with van der Waals surface area (Å²) in [5.41, 5.74) is 9.65. The number of fused-ring (bicyclic) bond motifs is 2. The summed E-state index contributed by atoms with van der Waals surface area (Å²) in [6.07, 6.45) is 5.41. The Hall–Kier alpha value is -3.15. The Kier molecular flexibility index (Phi) is 11.4. The lowest BCUT2D eigenvalue weighted by molar-refractivity contribution is -0.156. The van der Waals surface area contributed by atoms with Crippen LogP contribution in [0.5, 0.6) is 5.75 Å². The number of nitrogens with zero attached hydrogens (tertiary/aromatic N) is 1. The highest BCUT2D eigenvalue weighted by Crippen LogP contribution is 2.37. The minimum atomic E-state index is -0.586. The number of carbonyl (C=O) groups excluding carboxylic acids is 1. The highest BCUT2D eigenvalue weighted by molar-refractivity contribution is 5.75. The third kappa shape index (κ3) is 7.99. The van der Waals surface area contributed by atoms with Gasteiger partial charge in [0.25, 0.3) is 0 Å². The molecule has 0 aliphatic heterocycles. The molecule has 0 amide bonds. The first-order valence-corrected chi connectivity index (χ1v) is 15.4. The molecule has 0 fully saturated rings. The molecule has 5 heteroatoms. The predicted octanol–water partition coefficient (Wildman–Crippen LogP) is 6.91. The molecule has 0 saturated heterocycles. The average molecular weight is 558 g/mol. The lowest BCUT2D eigenvalue weighted by Gasteiger charge is -2.31. The Balaban J connectivity index is 1.45. The first-order valence-electron chi connectivity index (χ1n) is 15.4. The van der Waals surface area contributed by atoms with Crippen LogP contribution in [0.25, 0.3) is 0 Å². The molecule has 1 aliphatic rings. The summed E-state index contributed by atoms with van der Waals surface area (Å²) in [7, 11) is 2.22. The Bertz CT molecular complexity index is 1270. The van der Waals surface area contributed by atoms with Crippen LogP contribution in [0.1, 0.15) is 79.1 Å². The van der Waals surface area contributed by atoms with Crippen molar-refractivity contribution in [2.24, 2.45) is 0 Å². The van der Waals surface area contributed by atoms with E-state index in [1.165, 1.54) is 39.8 Å². The van der Waals surface area contributed by atoms with Gasteiger partial charge in [-0.3, -0.25) is 4.90 Å². The van der Waals surface area contributed by atoms with Gasteiger partial charge in [-0.15, -0.1) is 0 Å². The lowest BCUT2D eigenvalue weighted by atomic mass is 9.91. The summed E-state index contributed by atoms with van der Waals surface area (Å²) in [5.74, 6) is 0.511. The summed E-state index contributed by atoms with van der Waals surface area (Å²) >= 11 is 0. The van der Waals surface area contributed by atoms with Crippen molar-refractivity contribution in [1.29, 1.82) is 0 Å². The highest BCUT2D eigenvalue weighted by atomic mass is 16.6. The quantitative estimate of drug-likeness (QED) is 0.202. The fourth-order valence-corrected chi connectivity index (χ4v) is 5.88. The molecule has 0 aromatic heterocycles. The first-order chi connectivity index (χ1) is 20.0. The Morgan fingerprint density at radius 1 is 0.854 bits per heavy atom. The highest BCUT2D eigenvalue weighted by Gasteiger charge is 2.27. The number of benzene rings is 3. The summed E-state index contributed by atoms with van der Waals surface area (Å²) < 4.78 is 17.0. The van der Waals surface area contributed by atoms with Gasteiger partial charge in [-0.1, -0.05) is 68.8 Å². The average Bonchev–Trinajstić information content (AvgIpc) is 3.14. The number of rotatable bonds is 14. The molecule has 0 bridgehead atoms. The van der Waals surface area contributed by atoms with Gasteiger partial charge in [-0.2, -0.15) is 0 Å². The zero-order valence-electron chi connectivity index (χ0n) is 25.6. The summed E-state index contributed by atoms with van der Waals surface area (Å²) in [6, 6.07) is 22.4. The van der Waals surface area contributed by atoms with Crippen LogP contribution < -0.4 is 4.74 Å². The summed E-state index contributed by atoms with van der Waals surface area (Å²) in [5, 5.41) is 0. The number of likely N-dealkylation sites (N-methyl/N-ethyl adjacent to an activating group) is 1. The van der Waals surface area contributed by atoms with E-state index in [0.717, 1.165) is 43.5 Å². The van der Waals surface area contributed by atoms with E-state index in [1.54, 1.807) is 0 Å². The molecule has 1 aliphatic carbocycles. The molecule has 0 saturated carbocycles. The molecule has 0 radical (unpaired) electrons. The van der Waals surface area contributed by atoms with Gasteiger partial charge < -0.3 is 14.2 Å². The van der Waals surface area contributed by atoms with E-state index in [4.69, 9.17) is 14.2 Å². The molecule has 41 heavy (non-hydrogen) atoms. The van der Waals surface area contributed by atoms with Gasteiger partial charge >= 0.3 is 5.97 Å². The van der Waals surface area contributed by atoms with Crippen LogP contribution in [0.2, 0.25) is 0 Å². The lowest BCUT2D eigenvalue weighted by Crippen LogP contribution is -2.30. The van der Waals surface area contributed by atoms with Gasteiger partial charge in [0, 0.05) is 19.6 Å². The molecule has 4 rings (SSSR count). The van der Waals surface area contributed by atoms with Crippen LogP contribution in [0.4, 0.5) is 0 Å². The van der Waals surface area contributed by atoms with Crippen LogP contribution in [0.15, 0.2) is 60.7 Å². The Labute approximate surface area is 246 Å². The fraction of sp³-hybridized carbons (Fsp3) is 0.472.